The van der Waals surface area contributed by atoms with E-state index in [0.717, 1.165) is 0 Å². The zero-order valence-electron chi connectivity index (χ0n) is 7.36. The number of hydrogen-bond acceptors (Lipinski definition) is 3. The Balaban J connectivity index is 3.90. The number of rotatable bonds is 4. The van der Waals surface area contributed by atoms with Crippen LogP contribution >= 0.6 is 0 Å². The van der Waals surface area contributed by atoms with Gasteiger partial charge in [-0.25, -0.2) is 0 Å². The summed E-state index contributed by atoms with van der Waals surface area (Å²) in [5.41, 5.74) is 0. The van der Waals surface area contributed by atoms with Gasteiger partial charge in [-0.2, -0.15) is 0 Å². The lowest BCUT2D eigenvalue weighted by molar-refractivity contribution is -0.0477. The minimum Gasteiger partial charge on any atom is -0.393 e. The van der Waals surface area contributed by atoms with Gasteiger partial charge in [-0.15, -0.1) is 0 Å². The fourth-order valence-corrected chi connectivity index (χ4v) is 0.877. The molecule has 0 spiro atoms. The Labute approximate surface area is 67.7 Å². The van der Waals surface area contributed by atoms with Gasteiger partial charge in [-0.3, -0.25) is 0 Å². The molecule has 3 N–H and O–H groups in total. The minimum absolute atomic E-state index is 0.273. The summed E-state index contributed by atoms with van der Waals surface area (Å²) >= 11 is 0. The smallest absolute Gasteiger partial charge is 0.0848 e. The Kier molecular flexibility index (Phi) is 4.65. The third-order valence-corrected chi connectivity index (χ3v) is 2.11. The minimum atomic E-state index is -0.819. The van der Waals surface area contributed by atoms with Crippen molar-refractivity contribution in [2.45, 2.75) is 45.5 Å². The first-order valence-corrected chi connectivity index (χ1v) is 4.04. The summed E-state index contributed by atoms with van der Waals surface area (Å²) in [5, 5.41) is 27.6. The standard InChI is InChI=1S/C8H18O3/c1-4-7(10)8(11)5(2)6(3)9/h5-11H,4H2,1-3H3. The van der Waals surface area contributed by atoms with Crippen LogP contribution in [0.3, 0.4) is 0 Å². The molecule has 0 saturated heterocycles. The van der Waals surface area contributed by atoms with Crippen molar-refractivity contribution < 1.29 is 15.3 Å². The molecule has 0 bridgehead atoms. The summed E-state index contributed by atoms with van der Waals surface area (Å²) < 4.78 is 0. The quantitative estimate of drug-likeness (QED) is 0.551. The predicted octanol–water partition coefficient (Wildman–Crippen LogP) is 0.135. The van der Waals surface area contributed by atoms with Gasteiger partial charge in [0.25, 0.3) is 0 Å². The Morgan fingerprint density at radius 3 is 1.82 bits per heavy atom. The summed E-state index contributed by atoms with van der Waals surface area (Å²) in [5.74, 6) is -0.273. The van der Waals surface area contributed by atoms with Crippen LogP contribution in [0.15, 0.2) is 0 Å². The molecule has 0 aromatic carbocycles. The van der Waals surface area contributed by atoms with E-state index in [0.29, 0.717) is 6.42 Å². The van der Waals surface area contributed by atoms with Crippen LogP contribution in [-0.4, -0.2) is 33.6 Å². The normalized spacial score (nSPS) is 22.4. The Hall–Kier alpha value is -0.120. The van der Waals surface area contributed by atoms with E-state index in [4.69, 9.17) is 5.11 Å². The molecule has 0 aliphatic rings. The van der Waals surface area contributed by atoms with Crippen LogP contribution in [0.2, 0.25) is 0 Å². The van der Waals surface area contributed by atoms with Crippen LogP contribution < -0.4 is 0 Å². The maximum absolute atomic E-state index is 9.35. The van der Waals surface area contributed by atoms with Gasteiger partial charge < -0.3 is 15.3 Å². The largest absolute Gasteiger partial charge is 0.393 e. The van der Waals surface area contributed by atoms with Crippen molar-refractivity contribution in [3.05, 3.63) is 0 Å². The molecule has 4 unspecified atom stereocenters. The lowest BCUT2D eigenvalue weighted by Gasteiger charge is -2.24. The fourth-order valence-electron chi connectivity index (χ4n) is 0.877. The monoisotopic (exact) mass is 162 g/mol. The van der Waals surface area contributed by atoms with Gasteiger partial charge in [-0.05, 0) is 13.3 Å². The first-order valence-electron chi connectivity index (χ1n) is 4.04. The topological polar surface area (TPSA) is 60.7 Å². The first-order chi connectivity index (χ1) is 5.00. The van der Waals surface area contributed by atoms with Crippen molar-refractivity contribution >= 4 is 0 Å². The van der Waals surface area contributed by atoms with E-state index in [1.165, 1.54) is 0 Å². The second kappa shape index (κ2) is 4.70. The highest BCUT2D eigenvalue weighted by Crippen LogP contribution is 2.13. The van der Waals surface area contributed by atoms with Crippen molar-refractivity contribution in [3.8, 4) is 0 Å². The van der Waals surface area contributed by atoms with E-state index >= 15 is 0 Å². The number of aliphatic hydroxyl groups excluding tert-OH is 3. The van der Waals surface area contributed by atoms with E-state index in [2.05, 4.69) is 0 Å². The van der Waals surface area contributed by atoms with Crippen LogP contribution in [0, 0.1) is 5.92 Å². The van der Waals surface area contributed by atoms with Gasteiger partial charge in [0, 0.05) is 5.92 Å². The molecule has 0 amide bonds. The van der Waals surface area contributed by atoms with Crippen molar-refractivity contribution in [2.75, 3.05) is 0 Å². The maximum Gasteiger partial charge on any atom is 0.0848 e. The first kappa shape index (κ1) is 10.9. The highest BCUT2D eigenvalue weighted by molar-refractivity contribution is 4.74. The van der Waals surface area contributed by atoms with Crippen molar-refractivity contribution in [1.29, 1.82) is 0 Å². The highest BCUT2D eigenvalue weighted by Gasteiger charge is 2.24. The molecule has 0 fully saturated rings. The Morgan fingerprint density at radius 1 is 1.09 bits per heavy atom. The van der Waals surface area contributed by atoms with E-state index < -0.39 is 18.3 Å². The number of aliphatic hydroxyl groups is 3. The second-order valence-corrected chi connectivity index (χ2v) is 3.07. The van der Waals surface area contributed by atoms with E-state index in [1.54, 1.807) is 20.8 Å². The van der Waals surface area contributed by atoms with Crippen LogP contribution in [-0.2, 0) is 0 Å². The molecule has 0 aliphatic carbocycles. The van der Waals surface area contributed by atoms with Crippen molar-refractivity contribution in [2.24, 2.45) is 5.92 Å². The molecule has 3 heteroatoms. The zero-order chi connectivity index (χ0) is 9.02. The molecule has 0 aromatic heterocycles. The van der Waals surface area contributed by atoms with Crippen LogP contribution in [0.25, 0.3) is 0 Å². The SMILES string of the molecule is CCC(O)C(O)C(C)C(C)O. The average molecular weight is 162 g/mol. The van der Waals surface area contributed by atoms with E-state index in [-0.39, 0.29) is 5.92 Å². The van der Waals surface area contributed by atoms with Gasteiger partial charge in [0.05, 0.1) is 18.3 Å². The van der Waals surface area contributed by atoms with Gasteiger partial charge in [0.1, 0.15) is 0 Å². The fraction of sp³-hybridized carbons (Fsp3) is 1.00. The summed E-state index contributed by atoms with van der Waals surface area (Å²) in [6.07, 6.45) is -1.61. The highest BCUT2D eigenvalue weighted by atomic mass is 16.3. The van der Waals surface area contributed by atoms with Gasteiger partial charge in [0.2, 0.25) is 0 Å². The lowest BCUT2D eigenvalue weighted by Crippen LogP contribution is -2.36. The Bertz CT molecular complexity index is 104. The molecule has 68 valence electrons. The Morgan fingerprint density at radius 2 is 1.55 bits per heavy atom. The molecule has 0 aliphatic heterocycles. The molecule has 0 radical (unpaired) electrons. The number of hydrogen-bond donors (Lipinski definition) is 3. The summed E-state index contributed by atoms with van der Waals surface area (Å²) in [6, 6.07) is 0. The molecule has 11 heavy (non-hydrogen) atoms. The van der Waals surface area contributed by atoms with Crippen LogP contribution in [0.1, 0.15) is 27.2 Å². The van der Waals surface area contributed by atoms with E-state index in [9.17, 15) is 10.2 Å². The third kappa shape index (κ3) is 3.18. The molecule has 0 heterocycles. The second-order valence-electron chi connectivity index (χ2n) is 3.07. The maximum atomic E-state index is 9.35. The summed E-state index contributed by atoms with van der Waals surface area (Å²) in [4.78, 5) is 0. The average Bonchev–Trinajstić information content (AvgIpc) is 2.00. The molecule has 0 aromatic rings. The molecule has 0 saturated carbocycles. The van der Waals surface area contributed by atoms with Crippen LogP contribution in [0.4, 0.5) is 0 Å². The van der Waals surface area contributed by atoms with Crippen molar-refractivity contribution in [3.63, 3.8) is 0 Å². The van der Waals surface area contributed by atoms with Crippen molar-refractivity contribution in [1.82, 2.24) is 0 Å². The van der Waals surface area contributed by atoms with Gasteiger partial charge in [0.15, 0.2) is 0 Å². The van der Waals surface area contributed by atoms with Gasteiger partial charge >= 0.3 is 0 Å². The molecule has 0 rings (SSSR count). The predicted molar refractivity (Wildman–Crippen MR) is 43.1 cm³/mol. The molecular weight excluding hydrogens is 144 g/mol. The summed E-state index contributed by atoms with van der Waals surface area (Å²) in [7, 11) is 0. The van der Waals surface area contributed by atoms with Crippen LogP contribution in [0.5, 0.6) is 0 Å². The van der Waals surface area contributed by atoms with E-state index in [1.807, 2.05) is 0 Å². The molecular formula is C8H18O3. The molecule has 3 nitrogen and oxygen atoms in total. The third-order valence-electron chi connectivity index (χ3n) is 2.11. The summed E-state index contributed by atoms with van der Waals surface area (Å²) in [6.45, 7) is 5.12. The zero-order valence-corrected chi connectivity index (χ0v) is 7.36. The van der Waals surface area contributed by atoms with Gasteiger partial charge in [-0.1, -0.05) is 13.8 Å². The molecule has 4 atom stereocenters. The lowest BCUT2D eigenvalue weighted by atomic mass is 9.94.